The highest BCUT2D eigenvalue weighted by atomic mass is 19.1. The van der Waals surface area contributed by atoms with E-state index in [1.807, 2.05) is 6.07 Å². The van der Waals surface area contributed by atoms with Gasteiger partial charge in [0.1, 0.15) is 5.82 Å². The lowest BCUT2D eigenvalue weighted by Crippen LogP contribution is -2.19. The van der Waals surface area contributed by atoms with Crippen molar-refractivity contribution in [1.82, 2.24) is 0 Å². The molecule has 0 bridgehead atoms. The van der Waals surface area contributed by atoms with Crippen LogP contribution in [0.15, 0.2) is 18.2 Å². The van der Waals surface area contributed by atoms with Crippen molar-refractivity contribution in [3.63, 3.8) is 0 Å². The van der Waals surface area contributed by atoms with Crippen molar-refractivity contribution >= 4 is 5.69 Å². The van der Waals surface area contributed by atoms with Crippen molar-refractivity contribution in [2.45, 2.75) is 18.9 Å². The van der Waals surface area contributed by atoms with E-state index in [-0.39, 0.29) is 5.82 Å². The molecule has 0 radical (unpaired) electrons. The van der Waals surface area contributed by atoms with E-state index in [1.165, 1.54) is 6.07 Å². The molecule has 1 aromatic carbocycles. The fraction of sp³-hybridized carbons (Fsp3) is 0.400. The van der Waals surface area contributed by atoms with Gasteiger partial charge in [0.2, 0.25) is 0 Å². The van der Waals surface area contributed by atoms with Crippen molar-refractivity contribution in [2.24, 2.45) is 5.73 Å². The quantitative estimate of drug-likeness (QED) is 0.724. The normalized spacial score (nSPS) is 19.7. The van der Waals surface area contributed by atoms with Gasteiger partial charge in [-0.15, -0.1) is 0 Å². The van der Waals surface area contributed by atoms with Gasteiger partial charge in [-0.3, -0.25) is 0 Å². The first-order chi connectivity index (χ1) is 6.31. The molecule has 1 atom stereocenters. The zero-order chi connectivity index (χ0) is 9.26. The number of hydrogen-bond donors (Lipinski definition) is 2. The zero-order valence-electron chi connectivity index (χ0n) is 7.39. The Morgan fingerprint density at radius 2 is 2.38 bits per heavy atom. The third kappa shape index (κ3) is 1.52. The molecule has 2 rings (SSSR count). The van der Waals surface area contributed by atoms with Gasteiger partial charge in [0, 0.05) is 17.3 Å². The lowest BCUT2D eigenvalue weighted by Gasteiger charge is -2.07. The molecule has 3 heteroatoms. The van der Waals surface area contributed by atoms with Crippen molar-refractivity contribution in [1.29, 1.82) is 0 Å². The van der Waals surface area contributed by atoms with E-state index in [9.17, 15) is 4.39 Å². The Kier molecular flexibility index (Phi) is 2.19. The second-order valence-electron chi connectivity index (χ2n) is 3.39. The molecule has 0 aliphatic carbocycles. The zero-order valence-corrected chi connectivity index (χ0v) is 7.39. The molecule has 1 aliphatic rings. The van der Waals surface area contributed by atoms with Crippen LogP contribution >= 0.6 is 0 Å². The van der Waals surface area contributed by atoms with Crippen molar-refractivity contribution in [2.75, 3.05) is 11.9 Å². The van der Waals surface area contributed by atoms with Gasteiger partial charge in [0.25, 0.3) is 0 Å². The number of nitrogens with two attached hydrogens (primary N) is 1. The summed E-state index contributed by atoms with van der Waals surface area (Å²) in [5.41, 5.74) is 7.18. The van der Waals surface area contributed by atoms with Crippen LogP contribution in [-0.4, -0.2) is 12.6 Å². The summed E-state index contributed by atoms with van der Waals surface area (Å²) in [6, 6.07) is 5.46. The van der Waals surface area contributed by atoms with Gasteiger partial charge in [-0.05, 0) is 31.5 Å². The van der Waals surface area contributed by atoms with E-state index in [2.05, 4.69) is 5.32 Å². The molecular formula is C10H13FN2. The van der Waals surface area contributed by atoms with Crippen molar-refractivity contribution < 1.29 is 4.39 Å². The number of nitrogens with one attached hydrogen (secondary N) is 1. The van der Waals surface area contributed by atoms with E-state index >= 15 is 0 Å². The molecule has 0 fully saturated rings. The Morgan fingerprint density at radius 3 is 3.08 bits per heavy atom. The van der Waals surface area contributed by atoms with Crippen LogP contribution in [0.1, 0.15) is 12.0 Å². The van der Waals surface area contributed by atoms with Gasteiger partial charge in [0.15, 0.2) is 0 Å². The molecule has 70 valence electrons. The van der Waals surface area contributed by atoms with Crippen LogP contribution in [0.5, 0.6) is 0 Å². The molecule has 1 heterocycles. The summed E-state index contributed by atoms with van der Waals surface area (Å²) in [7, 11) is 0. The number of fused-ring (bicyclic) bond motifs is 1. The van der Waals surface area contributed by atoms with E-state index in [0.717, 1.165) is 24.1 Å². The van der Waals surface area contributed by atoms with E-state index in [0.29, 0.717) is 12.6 Å². The van der Waals surface area contributed by atoms with Crippen LogP contribution in [0.25, 0.3) is 0 Å². The summed E-state index contributed by atoms with van der Waals surface area (Å²) in [4.78, 5) is 0. The average Bonchev–Trinajstić information content (AvgIpc) is 2.49. The number of rotatable bonds is 2. The first-order valence-corrected chi connectivity index (χ1v) is 4.55. The molecule has 0 amide bonds. The lowest BCUT2D eigenvalue weighted by atomic mass is 10.1. The van der Waals surface area contributed by atoms with E-state index < -0.39 is 0 Å². The fourth-order valence-electron chi connectivity index (χ4n) is 1.79. The predicted octanol–water partition coefficient (Wildman–Crippen LogP) is 1.51. The second kappa shape index (κ2) is 3.34. The Morgan fingerprint density at radius 1 is 1.54 bits per heavy atom. The molecule has 3 N–H and O–H groups in total. The predicted molar refractivity (Wildman–Crippen MR) is 51.2 cm³/mol. The van der Waals surface area contributed by atoms with Gasteiger partial charge in [-0.2, -0.15) is 0 Å². The average molecular weight is 180 g/mol. The summed E-state index contributed by atoms with van der Waals surface area (Å²) in [5, 5.41) is 3.26. The highest BCUT2D eigenvalue weighted by molar-refractivity contribution is 5.57. The van der Waals surface area contributed by atoms with Gasteiger partial charge < -0.3 is 11.1 Å². The molecular weight excluding hydrogens is 167 g/mol. The van der Waals surface area contributed by atoms with Gasteiger partial charge in [0.05, 0.1) is 0 Å². The minimum Gasteiger partial charge on any atom is -0.382 e. The van der Waals surface area contributed by atoms with Crippen molar-refractivity contribution in [3.05, 3.63) is 29.6 Å². The Bertz CT molecular complexity index is 312. The largest absolute Gasteiger partial charge is 0.382 e. The highest BCUT2D eigenvalue weighted by Gasteiger charge is 2.21. The van der Waals surface area contributed by atoms with Crippen LogP contribution < -0.4 is 11.1 Å². The molecule has 0 spiro atoms. The number of benzene rings is 1. The van der Waals surface area contributed by atoms with Crippen LogP contribution in [0, 0.1) is 5.82 Å². The van der Waals surface area contributed by atoms with E-state index in [4.69, 9.17) is 5.73 Å². The molecule has 0 saturated heterocycles. The molecule has 13 heavy (non-hydrogen) atoms. The minimum absolute atomic E-state index is 0.107. The first kappa shape index (κ1) is 8.51. The summed E-state index contributed by atoms with van der Waals surface area (Å²) in [5.74, 6) is -0.107. The molecule has 2 nitrogen and oxygen atoms in total. The molecule has 0 aromatic heterocycles. The summed E-state index contributed by atoms with van der Waals surface area (Å²) < 4.78 is 13.2. The summed E-state index contributed by atoms with van der Waals surface area (Å²) >= 11 is 0. The number of halogens is 1. The van der Waals surface area contributed by atoms with Crippen LogP contribution in [-0.2, 0) is 6.42 Å². The third-order valence-corrected chi connectivity index (χ3v) is 2.44. The smallest absolute Gasteiger partial charge is 0.128 e. The third-order valence-electron chi connectivity index (χ3n) is 2.44. The highest BCUT2D eigenvalue weighted by Crippen LogP contribution is 2.28. The lowest BCUT2D eigenvalue weighted by molar-refractivity contribution is 0.602. The molecule has 1 aliphatic heterocycles. The summed E-state index contributed by atoms with van der Waals surface area (Å²) in [6.45, 7) is 0.646. The topological polar surface area (TPSA) is 38.0 Å². The monoisotopic (exact) mass is 180 g/mol. The van der Waals surface area contributed by atoms with Gasteiger partial charge in [-0.1, -0.05) is 6.07 Å². The SMILES string of the molecule is NCCC1Cc2c(F)cccc2N1. The second-order valence-corrected chi connectivity index (χ2v) is 3.39. The standard InChI is InChI=1S/C10H13FN2/c11-9-2-1-3-10-8(9)6-7(13-10)4-5-12/h1-3,7,13H,4-6,12H2. The fourth-order valence-corrected chi connectivity index (χ4v) is 1.79. The molecule has 1 aromatic rings. The van der Waals surface area contributed by atoms with Crippen LogP contribution in [0.4, 0.5) is 10.1 Å². The maximum atomic E-state index is 13.2. The first-order valence-electron chi connectivity index (χ1n) is 4.55. The van der Waals surface area contributed by atoms with Crippen LogP contribution in [0.3, 0.4) is 0 Å². The Balaban J connectivity index is 2.20. The van der Waals surface area contributed by atoms with Crippen molar-refractivity contribution in [3.8, 4) is 0 Å². The van der Waals surface area contributed by atoms with Gasteiger partial charge >= 0.3 is 0 Å². The van der Waals surface area contributed by atoms with Gasteiger partial charge in [-0.25, -0.2) is 4.39 Å². The Hall–Kier alpha value is -1.09. The minimum atomic E-state index is -0.107. The number of anilines is 1. The Labute approximate surface area is 76.9 Å². The maximum Gasteiger partial charge on any atom is 0.128 e. The molecule has 1 unspecified atom stereocenters. The maximum absolute atomic E-state index is 13.2. The van der Waals surface area contributed by atoms with Crippen LogP contribution in [0.2, 0.25) is 0 Å². The molecule has 0 saturated carbocycles. The summed E-state index contributed by atoms with van der Waals surface area (Å²) in [6.07, 6.45) is 1.66. The number of hydrogen-bond acceptors (Lipinski definition) is 2. The van der Waals surface area contributed by atoms with E-state index in [1.54, 1.807) is 6.07 Å².